The van der Waals surface area contributed by atoms with E-state index in [1.54, 1.807) is 10.8 Å². The second-order valence-electron chi connectivity index (χ2n) is 7.34. The fourth-order valence-corrected chi connectivity index (χ4v) is 3.88. The summed E-state index contributed by atoms with van der Waals surface area (Å²) in [6.45, 7) is 4.18. The van der Waals surface area contributed by atoms with Gasteiger partial charge in [0.15, 0.2) is 11.5 Å². The molecule has 0 radical (unpaired) electrons. The Morgan fingerprint density at radius 3 is 2.83 bits per heavy atom. The van der Waals surface area contributed by atoms with Crippen LogP contribution in [-0.4, -0.2) is 40.1 Å². The standard InChI is InChI=1S/C22H25N5O2/c1-2-23-21(28)17-10-7-13-26(15-17)20-22(29)27(14-16-8-4-3-5-9-16)19-18(25-20)11-6-12-24-19/h3-6,8-9,11-12,17H,2,7,10,13-15H2,1H3,(H,23,28). The first kappa shape index (κ1) is 19.1. The van der Waals surface area contributed by atoms with Crippen molar-refractivity contribution in [1.82, 2.24) is 19.9 Å². The molecule has 150 valence electrons. The summed E-state index contributed by atoms with van der Waals surface area (Å²) in [5.41, 5.74) is 2.11. The molecule has 3 heterocycles. The van der Waals surface area contributed by atoms with Crippen molar-refractivity contribution in [3.63, 3.8) is 0 Å². The molecule has 1 aromatic carbocycles. The molecule has 1 fully saturated rings. The van der Waals surface area contributed by atoms with Crippen LogP contribution in [0.3, 0.4) is 0 Å². The van der Waals surface area contributed by atoms with Gasteiger partial charge in [0.1, 0.15) is 5.52 Å². The number of hydrogen-bond acceptors (Lipinski definition) is 5. The van der Waals surface area contributed by atoms with Crippen molar-refractivity contribution in [3.05, 3.63) is 64.6 Å². The molecule has 1 atom stereocenters. The Labute approximate surface area is 169 Å². The van der Waals surface area contributed by atoms with Gasteiger partial charge in [0, 0.05) is 25.8 Å². The Balaban J connectivity index is 1.74. The number of amides is 1. The maximum Gasteiger partial charge on any atom is 0.295 e. The largest absolute Gasteiger partial charge is 0.356 e. The molecule has 1 amide bonds. The number of nitrogens with one attached hydrogen (secondary N) is 1. The van der Waals surface area contributed by atoms with E-state index in [1.165, 1.54) is 0 Å². The molecule has 1 aliphatic heterocycles. The summed E-state index contributed by atoms with van der Waals surface area (Å²) in [7, 11) is 0. The fraction of sp³-hybridized carbons (Fsp3) is 0.364. The normalized spacial score (nSPS) is 16.7. The number of carbonyl (C=O) groups excluding carboxylic acids is 1. The smallest absolute Gasteiger partial charge is 0.295 e. The van der Waals surface area contributed by atoms with E-state index in [0.29, 0.717) is 36.6 Å². The van der Waals surface area contributed by atoms with E-state index < -0.39 is 0 Å². The van der Waals surface area contributed by atoms with Crippen molar-refractivity contribution < 1.29 is 4.79 Å². The molecule has 1 saturated heterocycles. The maximum atomic E-state index is 13.4. The van der Waals surface area contributed by atoms with Crippen molar-refractivity contribution in [2.24, 2.45) is 5.92 Å². The van der Waals surface area contributed by atoms with Crippen molar-refractivity contribution in [2.45, 2.75) is 26.3 Å². The van der Waals surface area contributed by atoms with Crippen LogP contribution in [0, 0.1) is 5.92 Å². The topological polar surface area (TPSA) is 80.1 Å². The van der Waals surface area contributed by atoms with Crippen LogP contribution < -0.4 is 15.8 Å². The van der Waals surface area contributed by atoms with Gasteiger partial charge in [-0.1, -0.05) is 30.3 Å². The lowest BCUT2D eigenvalue weighted by atomic mass is 9.97. The number of pyridine rings is 1. The molecule has 0 saturated carbocycles. The quantitative estimate of drug-likeness (QED) is 0.721. The summed E-state index contributed by atoms with van der Waals surface area (Å²) < 4.78 is 1.68. The van der Waals surface area contributed by atoms with E-state index in [4.69, 9.17) is 0 Å². The molecule has 1 unspecified atom stereocenters. The zero-order chi connectivity index (χ0) is 20.2. The van der Waals surface area contributed by atoms with Gasteiger partial charge in [-0.15, -0.1) is 0 Å². The average Bonchev–Trinajstić information content (AvgIpc) is 2.76. The Morgan fingerprint density at radius 2 is 2.03 bits per heavy atom. The highest BCUT2D eigenvalue weighted by atomic mass is 16.2. The van der Waals surface area contributed by atoms with Crippen LogP contribution in [0.2, 0.25) is 0 Å². The highest BCUT2D eigenvalue weighted by Gasteiger charge is 2.28. The van der Waals surface area contributed by atoms with E-state index in [-0.39, 0.29) is 17.4 Å². The van der Waals surface area contributed by atoms with Crippen molar-refractivity contribution in [3.8, 4) is 0 Å². The number of benzene rings is 1. The van der Waals surface area contributed by atoms with Crippen LogP contribution in [-0.2, 0) is 11.3 Å². The molecule has 0 bridgehead atoms. The van der Waals surface area contributed by atoms with Crippen LogP contribution in [0.4, 0.5) is 5.82 Å². The van der Waals surface area contributed by atoms with Gasteiger partial charge in [-0.25, -0.2) is 9.97 Å². The molecule has 0 aliphatic carbocycles. The van der Waals surface area contributed by atoms with Crippen molar-refractivity contribution >= 4 is 22.9 Å². The summed E-state index contributed by atoms with van der Waals surface area (Å²) in [6.07, 6.45) is 3.36. The average molecular weight is 391 g/mol. The van der Waals surface area contributed by atoms with Gasteiger partial charge >= 0.3 is 0 Å². The molecule has 0 spiro atoms. The number of fused-ring (bicyclic) bond motifs is 1. The number of hydrogen-bond donors (Lipinski definition) is 1. The van der Waals surface area contributed by atoms with E-state index in [0.717, 1.165) is 24.9 Å². The molecule has 7 heteroatoms. The molecule has 29 heavy (non-hydrogen) atoms. The van der Waals surface area contributed by atoms with E-state index in [1.807, 2.05) is 54.3 Å². The van der Waals surface area contributed by atoms with Gasteiger partial charge in [0.25, 0.3) is 5.56 Å². The van der Waals surface area contributed by atoms with Gasteiger partial charge in [0.2, 0.25) is 5.91 Å². The molecule has 4 rings (SSSR count). The zero-order valence-corrected chi connectivity index (χ0v) is 16.5. The van der Waals surface area contributed by atoms with Crippen molar-refractivity contribution in [2.75, 3.05) is 24.5 Å². The van der Waals surface area contributed by atoms with Gasteiger partial charge in [-0.3, -0.25) is 14.2 Å². The Morgan fingerprint density at radius 1 is 1.21 bits per heavy atom. The number of piperidine rings is 1. The first-order valence-electron chi connectivity index (χ1n) is 10.1. The number of aromatic nitrogens is 3. The second-order valence-corrected chi connectivity index (χ2v) is 7.34. The van der Waals surface area contributed by atoms with Crippen LogP contribution in [0.5, 0.6) is 0 Å². The summed E-state index contributed by atoms with van der Waals surface area (Å²) in [5, 5.41) is 2.90. The summed E-state index contributed by atoms with van der Waals surface area (Å²) >= 11 is 0. The lowest BCUT2D eigenvalue weighted by molar-refractivity contribution is -0.125. The van der Waals surface area contributed by atoms with E-state index in [2.05, 4.69) is 15.3 Å². The third-order valence-corrected chi connectivity index (χ3v) is 5.31. The molecule has 7 nitrogen and oxygen atoms in total. The number of anilines is 1. The van der Waals surface area contributed by atoms with Crippen molar-refractivity contribution in [1.29, 1.82) is 0 Å². The summed E-state index contributed by atoms with van der Waals surface area (Å²) in [4.78, 5) is 36.7. The molecular formula is C22H25N5O2. The minimum Gasteiger partial charge on any atom is -0.356 e. The molecule has 1 aliphatic rings. The molecule has 3 aromatic rings. The van der Waals surface area contributed by atoms with E-state index >= 15 is 0 Å². The summed E-state index contributed by atoms with van der Waals surface area (Å²) in [6, 6.07) is 13.6. The van der Waals surface area contributed by atoms with Gasteiger partial charge < -0.3 is 10.2 Å². The monoisotopic (exact) mass is 391 g/mol. The van der Waals surface area contributed by atoms with Gasteiger partial charge in [-0.2, -0.15) is 0 Å². The van der Waals surface area contributed by atoms with Gasteiger partial charge in [-0.05, 0) is 37.5 Å². The van der Waals surface area contributed by atoms with E-state index in [9.17, 15) is 9.59 Å². The number of carbonyl (C=O) groups is 1. The Hall–Kier alpha value is -3.22. The Bertz CT molecular complexity index is 1060. The predicted molar refractivity (Wildman–Crippen MR) is 113 cm³/mol. The minimum atomic E-state index is -0.170. The predicted octanol–water partition coefficient (Wildman–Crippen LogP) is 2.19. The molecule has 2 aromatic heterocycles. The van der Waals surface area contributed by atoms with Crippen LogP contribution in [0.15, 0.2) is 53.5 Å². The highest BCUT2D eigenvalue weighted by Crippen LogP contribution is 2.21. The number of nitrogens with zero attached hydrogens (tertiary/aromatic N) is 4. The SMILES string of the molecule is CCNC(=O)C1CCCN(c2nc3cccnc3n(Cc3ccccc3)c2=O)C1. The first-order valence-corrected chi connectivity index (χ1v) is 10.1. The summed E-state index contributed by atoms with van der Waals surface area (Å²) in [5.74, 6) is 0.316. The van der Waals surface area contributed by atoms with Gasteiger partial charge in [0.05, 0.1) is 12.5 Å². The number of rotatable bonds is 5. The lowest BCUT2D eigenvalue weighted by Crippen LogP contribution is -2.45. The fourth-order valence-electron chi connectivity index (χ4n) is 3.88. The minimum absolute atomic E-state index is 0.0456. The third kappa shape index (κ3) is 3.99. The third-order valence-electron chi connectivity index (χ3n) is 5.31. The second kappa shape index (κ2) is 8.43. The highest BCUT2D eigenvalue weighted by molar-refractivity contribution is 5.79. The molecule has 1 N–H and O–H groups in total. The molecular weight excluding hydrogens is 366 g/mol. The van der Waals surface area contributed by atoms with Crippen LogP contribution >= 0.6 is 0 Å². The zero-order valence-electron chi connectivity index (χ0n) is 16.5. The lowest BCUT2D eigenvalue weighted by Gasteiger charge is -2.32. The maximum absolute atomic E-state index is 13.4. The first-order chi connectivity index (χ1) is 14.2. The van der Waals surface area contributed by atoms with Crippen LogP contribution in [0.1, 0.15) is 25.3 Å². The van der Waals surface area contributed by atoms with Crippen LogP contribution in [0.25, 0.3) is 11.2 Å². The Kier molecular flexibility index (Phi) is 5.55.